The van der Waals surface area contributed by atoms with Gasteiger partial charge in [-0.05, 0) is 31.6 Å². The number of hydrogen-bond donors (Lipinski definition) is 2. The molecule has 3 N–H and O–H groups in total. The molecule has 2 aliphatic rings. The Hall–Kier alpha value is -0.320. The fourth-order valence-corrected chi connectivity index (χ4v) is 2.86. The molecule has 106 valence electrons. The van der Waals surface area contributed by atoms with Crippen LogP contribution in [0, 0.1) is 5.92 Å². The van der Waals surface area contributed by atoms with E-state index in [1.165, 1.54) is 12.8 Å². The third kappa shape index (κ3) is 3.84. The topological polar surface area (TPSA) is 64.4 Å². The lowest BCUT2D eigenvalue weighted by Gasteiger charge is -2.35. The molecule has 0 aromatic rings. The Morgan fingerprint density at radius 2 is 2.00 bits per heavy atom. The highest BCUT2D eigenvalue weighted by molar-refractivity contribution is 5.86. The van der Waals surface area contributed by atoms with Crippen molar-refractivity contribution in [3.8, 4) is 0 Å². The van der Waals surface area contributed by atoms with E-state index < -0.39 is 5.54 Å². The van der Waals surface area contributed by atoms with Crippen molar-refractivity contribution in [1.82, 2.24) is 5.32 Å². The SMILES string of the molecule is CC1CCCC(NC(=O)C2(N)CCOCC2)C1.Cl. The van der Waals surface area contributed by atoms with Gasteiger partial charge in [0.25, 0.3) is 0 Å². The molecule has 1 heterocycles. The van der Waals surface area contributed by atoms with E-state index in [4.69, 9.17) is 10.5 Å². The van der Waals surface area contributed by atoms with Gasteiger partial charge in [-0.2, -0.15) is 0 Å². The average molecular weight is 277 g/mol. The summed E-state index contributed by atoms with van der Waals surface area (Å²) in [5.41, 5.74) is 5.47. The second-order valence-electron chi connectivity index (χ2n) is 5.71. The minimum absolute atomic E-state index is 0. The number of amides is 1. The molecule has 2 atom stereocenters. The Labute approximate surface area is 115 Å². The van der Waals surface area contributed by atoms with Gasteiger partial charge < -0.3 is 15.8 Å². The normalized spacial score (nSPS) is 31.2. The summed E-state index contributed by atoms with van der Waals surface area (Å²) in [7, 11) is 0. The van der Waals surface area contributed by atoms with Crippen LogP contribution in [0.3, 0.4) is 0 Å². The van der Waals surface area contributed by atoms with Crippen molar-refractivity contribution in [3.63, 3.8) is 0 Å². The van der Waals surface area contributed by atoms with Crippen molar-refractivity contribution in [2.24, 2.45) is 11.7 Å². The van der Waals surface area contributed by atoms with Gasteiger partial charge in [-0.1, -0.05) is 19.8 Å². The largest absolute Gasteiger partial charge is 0.381 e. The molecule has 5 heteroatoms. The lowest BCUT2D eigenvalue weighted by atomic mass is 9.85. The van der Waals surface area contributed by atoms with E-state index in [2.05, 4.69) is 12.2 Å². The van der Waals surface area contributed by atoms with Crippen LogP contribution >= 0.6 is 12.4 Å². The van der Waals surface area contributed by atoms with E-state index in [1.807, 2.05) is 0 Å². The average Bonchev–Trinajstić information content (AvgIpc) is 2.30. The number of hydrogen-bond acceptors (Lipinski definition) is 3. The van der Waals surface area contributed by atoms with Crippen molar-refractivity contribution in [2.45, 2.75) is 57.0 Å². The van der Waals surface area contributed by atoms with E-state index >= 15 is 0 Å². The van der Waals surface area contributed by atoms with Crippen molar-refractivity contribution < 1.29 is 9.53 Å². The summed E-state index contributed by atoms with van der Waals surface area (Å²) >= 11 is 0. The molecule has 1 aliphatic heterocycles. The minimum Gasteiger partial charge on any atom is -0.381 e. The van der Waals surface area contributed by atoms with Crippen molar-refractivity contribution in [1.29, 1.82) is 0 Å². The summed E-state index contributed by atoms with van der Waals surface area (Å²) in [5.74, 6) is 0.748. The highest BCUT2D eigenvalue weighted by Crippen LogP contribution is 2.25. The summed E-state index contributed by atoms with van der Waals surface area (Å²) in [6.07, 6.45) is 5.98. The molecule has 0 aromatic carbocycles. The van der Waals surface area contributed by atoms with Gasteiger partial charge in [-0.15, -0.1) is 12.4 Å². The number of rotatable bonds is 2. The molecule has 1 aliphatic carbocycles. The molecule has 0 bridgehead atoms. The lowest BCUT2D eigenvalue weighted by Crippen LogP contribution is -2.59. The van der Waals surface area contributed by atoms with E-state index in [1.54, 1.807) is 0 Å². The molecule has 1 amide bonds. The molecule has 0 radical (unpaired) electrons. The van der Waals surface area contributed by atoms with E-state index in [0.29, 0.717) is 32.1 Å². The van der Waals surface area contributed by atoms with Gasteiger partial charge in [-0.3, -0.25) is 4.79 Å². The first-order valence-corrected chi connectivity index (χ1v) is 6.78. The quantitative estimate of drug-likeness (QED) is 0.805. The van der Waals surface area contributed by atoms with E-state index in [0.717, 1.165) is 18.8 Å². The van der Waals surface area contributed by atoms with Crippen LogP contribution in [0.4, 0.5) is 0 Å². The summed E-state index contributed by atoms with van der Waals surface area (Å²) in [6.45, 7) is 3.46. The molecule has 18 heavy (non-hydrogen) atoms. The molecule has 2 fully saturated rings. The van der Waals surface area contributed by atoms with Crippen LogP contribution in [-0.4, -0.2) is 30.7 Å². The third-order valence-electron chi connectivity index (χ3n) is 4.11. The number of carbonyl (C=O) groups excluding carboxylic acids is 1. The summed E-state index contributed by atoms with van der Waals surface area (Å²) in [4.78, 5) is 12.2. The molecular formula is C13H25ClN2O2. The highest BCUT2D eigenvalue weighted by atomic mass is 35.5. The summed E-state index contributed by atoms with van der Waals surface area (Å²) in [6, 6.07) is 0.328. The van der Waals surface area contributed by atoms with Gasteiger partial charge in [0.2, 0.25) is 5.91 Å². The Bertz CT molecular complexity index is 280. The maximum Gasteiger partial charge on any atom is 0.240 e. The Balaban J connectivity index is 0.00000162. The zero-order chi connectivity index (χ0) is 12.3. The lowest BCUT2D eigenvalue weighted by molar-refractivity contribution is -0.130. The summed E-state index contributed by atoms with van der Waals surface area (Å²) in [5, 5.41) is 3.14. The highest BCUT2D eigenvalue weighted by Gasteiger charge is 2.37. The molecule has 2 rings (SSSR count). The van der Waals surface area contributed by atoms with Gasteiger partial charge in [0.15, 0.2) is 0 Å². The number of nitrogens with two attached hydrogens (primary N) is 1. The fraction of sp³-hybridized carbons (Fsp3) is 0.923. The molecular weight excluding hydrogens is 252 g/mol. The zero-order valence-electron chi connectivity index (χ0n) is 11.1. The van der Waals surface area contributed by atoms with Gasteiger partial charge in [0, 0.05) is 19.3 Å². The van der Waals surface area contributed by atoms with E-state index in [9.17, 15) is 4.79 Å². The van der Waals surface area contributed by atoms with Crippen LogP contribution in [0.25, 0.3) is 0 Å². The van der Waals surface area contributed by atoms with Crippen LogP contribution in [0.1, 0.15) is 45.4 Å². The molecule has 2 unspecified atom stereocenters. The van der Waals surface area contributed by atoms with Gasteiger partial charge in [0.1, 0.15) is 0 Å². The predicted molar refractivity (Wildman–Crippen MR) is 73.8 cm³/mol. The monoisotopic (exact) mass is 276 g/mol. The van der Waals surface area contributed by atoms with Crippen LogP contribution in [0.5, 0.6) is 0 Å². The predicted octanol–water partition coefficient (Wildman–Crippen LogP) is 1.61. The Morgan fingerprint density at radius 1 is 1.33 bits per heavy atom. The van der Waals surface area contributed by atoms with Crippen LogP contribution in [0.15, 0.2) is 0 Å². The van der Waals surface area contributed by atoms with Crippen LogP contribution < -0.4 is 11.1 Å². The number of carbonyl (C=O) groups is 1. The zero-order valence-corrected chi connectivity index (χ0v) is 11.9. The second kappa shape index (κ2) is 6.73. The molecule has 4 nitrogen and oxygen atoms in total. The maximum atomic E-state index is 12.2. The smallest absolute Gasteiger partial charge is 0.240 e. The van der Waals surface area contributed by atoms with E-state index in [-0.39, 0.29) is 18.3 Å². The third-order valence-corrected chi connectivity index (χ3v) is 4.11. The van der Waals surface area contributed by atoms with Crippen LogP contribution in [0.2, 0.25) is 0 Å². The minimum atomic E-state index is -0.696. The fourth-order valence-electron chi connectivity index (χ4n) is 2.86. The van der Waals surface area contributed by atoms with Gasteiger partial charge in [0.05, 0.1) is 5.54 Å². The number of ether oxygens (including phenoxy) is 1. The van der Waals surface area contributed by atoms with Crippen molar-refractivity contribution in [3.05, 3.63) is 0 Å². The van der Waals surface area contributed by atoms with Gasteiger partial charge in [-0.25, -0.2) is 0 Å². The first kappa shape index (κ1) is 15.7. The summed E-state index contributed by atoms with van der Waals surface area (Å²) < 4.78 is 5.26. The molecule has 0 aromatic heterocycles. The Kier molecular flexibility index (Phi) is 5.89. The number of halogens is 1. The number of nitrogens with one attached hydrogen (secondary N) is 1. The van der Waals surface area contributed by atoms with Crippen molar-refractivity contribution in [2.75, 3.05) is 13.2 Å². The molecule has 1 saturated heterocycles. The van der Waals surface area contributed by atoms with Gasteiger partial charge >= 0.3 is 0 Å². The Morgan fingerprint density at radius 3 is 2.61 bits per heavy atom. The second-order valence-corrected chi connectivity index (χ2v) is 5.71. The maximum absolute atomic E-state index is 12.2. The molecule has 1 saturated carbocycles. The molecule has 0 spiro atoms. The first-order chi connectivity index (χ1) is 8.10. The first-order valence-electron chi connectivity index (χ1n) is 6.78. The standard InChI is InChI=1S/C13H24N2O2.ClH/c1-10-3-2-4-11(9-10)15-12(16)13(14)5-7-17-8-6-13;/h10-11H,2-9,14H2,1H3,(H,15,16);1H. The van der Waals surface area contributed by atoms with Crippen molar-refractivity contribution >= 4 is 18.3 Å². The van der Waals surface area contributed by atoms with Crippen LogP contribution in [-0.2, 0) is 9.53 Å².